The van der Waals surface area contributed by atoms with Crippen LogP contribution in [0.15, 0.2) is 54.6 Å². The highest BCUT2D eigenvalue weighted by atomic mass is 16.3. The lowest BCUT2D eigenvalue weighted by Crippen LogP contribution is -2.49. The van der Waals surface area contributed by atoms with E-state index in [0.717, 1.165) is 17.7 Å². The van der Waals surface area contributed by atoms with E-state index in [9.17, 15) is 5.11 Å². The lowest BCUT2D eigenvalue weighted by atomic mass is 10.00. The Morgan fingerprint density at radius 2 is 1.14 bits per heavy atom. The van der Waals surface area contributed by atoms with Crippen LogP contribution in [0.25, 0.3) is 0 Å². The van der Waals surface area contributed by atoms with Gasteiger partial charge in [-0.3, -0.25) is 0 Å². The summed E-state index contributed by atoms with van der Waals surface area (Å²) in [5, 5.41) is 10.7. The average molecular weight is 383 g/mol. The van der Waals surface area contributed by atoms with Crippen molar-refractivity contribution < 1.29 is 9.59 Å². The Morgan fingerprint density at radius 1 is 0.679 bits per heavy atom. The zero-order valence-electron chi connectivity index (χ0n) is 18.2. The molecule has 0 spiro atoms. The number of benzene rings is 2. The molecule has 2 nitrogen and oxygen atoms in total. The number of unbranched alkanes of at least 4 members (excludes halogenated alkanes) is 3. The van der Waals surface area contributed by atoms with Gasteiger partial charge in [-0.05, 0) is 30.4 Å². The third-order valence-electron chi connectivity index (χ3n) is 5.89. The van der Waals surface area contributed by atoms with Gasteiger partial charge < -0.3 is 9.59 Å². The van der Waals surface area contributed by atoms with Crippen molar-refractivity contribution in [3.05, 3.63) is 71.3 Å². The first-order chi connectivity index (χ1) is 13.6. The van der Waals surface area contributed by atoms with Crippen LogP contribution < -0.4 is 0 Å². The molecule has 0 aliphatic heterocycles. The third-order valence-corrected chi connectivity index (χ3v) is 5.89. The second-order valence-corrected chi connectivity index (χ2v) is 8.29. The number of nitrogens with zero attached hydrogens (tertiary/aromatic N) is 1. The van der Waals surface area contributed by atoms with Crippen molar-refractivity contribution in [1.29, 1.82) is 0 Å². The molecule has 2 heteroatoms. The van der Waals surface area contributed by atoms with Crippen molar-refractivity contribution in [3.63, 3.8) is 0 Å². The fourth-order valence-electron chi connectivity index (χ4n) is 4.07. The highest BCUT2D eigenvalue weighted by molar-refractivity contribution is 5.31. The molecule has 0 heterocycles. The van der Waals surface area contributed by atoms with Crippen LogP contribution in [0.5, 0.6) is 0 Å². The van der Waals surface area contributed by atoms with Gasteiger partial charge in [0.1, 0.15) is 12.6 Å². The van der Waals surface area contributed by atoms with Crippen molar-refractivity contribution >= 4 is 0 Å². The smallest absolute Gasteiger partial charge is 0.104 e. The summed E-state index contributed by atoms with van der Waals surface area (Å²) < 4.78 is 1.22. The van der Waals surface area contributed by atoms with Crippen LogP contribution in [-0.4, -0.2) is 29.2 Å². The van der Waals surface area contributed by atoms with Gasteiger partial charge >= 0.3 is 0 Å². The van der Waals surface area contributed by atoms with Crippen LogP contribution in [0.3, 0.4) is 0 Å². The number of hydrogen-bond donors (Lipinski definition) is 1. The SMILES string of the molecule is CCCC[N+](CCCC)(CCCC)Cc1ccc([C@H](O)c2ccccc2)cc1. The maximum absolute atomic E-state index is 10.7. The highest BCUT2D eigenvalue weighted by Crippen LogP contribution is 2.24. The first kappa shape index (κ1) is 22.6. The molecule has 0 aliphatic rings. The van der Waals surface area contributed by atoms with Crippen LogP contribution in [-0.2, 0) is 6.54 Å². The minimum Gasteiger partial charge on any atom is -0.384 e. The van der Waals surface area contributed by atoms with E-state index >= 15 is 0 Å². The van der Waals surface area contributed by atoms with Gasteiger partial charge in [0.2, 0.25) is 0 Å². The lowest BCUT2D eigenvalue weighted by molar-refractivity contribution is -0.941. The fraction of sp³-hybridized carbons (Fsp3) is 0.538. The summed E-state index contributed by atoms with van der Waals surface area (Å²) in [6.45, 7) is 11.9. The largest absolute Gasteiger partial charge is 0.384 e. The van der Waals surface area contributed by atoms with Crippen molar-refractivity contribution in [2.45, 2.75) is 71.9 Å². The predicted molar refractivity (Wildman–Crippen MR) is 120 cm³/mol. The van der Waals surface area contributed by atoms with Gasteiger partial charge in [0.05, 0.1) is 19.6 Å². The Hall–Kier alpha value is -1.64. The number of quaternary nitrogens is 1. The van der Waals surface area contributed by atoms with E-state index in [1.165, 1.54) is 68.2 Å². The van der Waals surface area contributed by atoms with E-state index in [1.54, 1.807) is 0 Å². The Bertz CT molecular complexity index is 628. The summed E-state index contributed by atoms with van der Waals surface area (Å²) in [4.78, 5) is 0. The summed E-state index contributed by atoms with van der Waals surface area (Å²) in [6.07, 6.45) is 7.16. The van der Waals surface area contributed by atoms with Gasteiger partial charge in [-0.25, -0.2) is 0 Å². The van der Waals surface area contributed by atoms with Crippen molar-refractivity contribution in [2.75, 3.05) is 19.6 Å². The quantitative estimate of drug-likeness (QED) is 0.393. The van der Waals surface area contributed by atoms with Gasteiger partial charge in [-0.2, -0.15) is 0 Å². The van der Waals surface area contributed by atoms with Crippen LogP contribution in [0, 0.1) is 0 Å². The summed E-state index contributed by atoms with van der Waals surface area (Å²) in [7, 11) is 0. The number of aliphatic hydroxyl groups excluding tert-OH is 1. The Morgan fingerprint density at radius 3 is 1.61 bits per heavy atom. The molecule has 0 radical (unpaired) electrons. The Kier molecular flexibility index (Phi) is 9.73. The molecule has 0 saturated carbocycles. The van der Waals surface area contributed by atoms with Gasteiger partial charge in [-0.15, -0.1) is 0 Å². The number of aliphatic hydroxyl groups is 1. The second kappa shape index (κ2) is 12.0. The van der Waals surface area contributed by atoms with Crippen LogP contribution in [0.1, 0.15) is 82.1 Å². The van der Waals surface area contributed by atoms with E-state index < -0.39 is 6.10 Å². The molecule has 1 N–H and O–H groups in total. The van der Waals surface area contributed by atoms with Crippen LogP contribution in [0.2, 0.25) is 0 Å². The summed E-state index contributed by atoms with van der Waals surface area (Å²) in [5.41, 5.74) is 3.32. The van der Waals surface area contributed by atoms with Gasteiger partial charge in [0.15, 0.2) is 0 Å². The average Bonchev–Trinajstić information content (AvgIpc) is 2.75. The van der Waals surface area contributed by atoms with Crippen LogP contribution >= 0.6 is 0 Å². The minimum atomic E-state index is -0.547. The van der Waals surface area contributed by atoms with E-state index in [1.807, 2.05) is 30.3 Å². The zero-order chi connectivity index (χ0) is 20.2. The van der Waals surface area contributed by atoms with E-state index in [-0.39, 0.29) is 0 Å². The predicted octanol–water partition coefficient (Wildman–Crippen LogP) is 6.49. The zero-order valence-corrected chi connectivity index (χ0v) is 18.2. The minimum absolute atomic E-state index is 0.547. The fourth-order valence-corrected chi connectivity index (χ4v) is 4.07. The Balaban J connectivity index is 2.15. The molecule has 0 aliphatic carbocycles. The maximum Gasteiger partial charge on any atom is 0.104 e. The summed E-state index contributed by atoms with van der Waals surface area (Å²) in [5.74, 6) is 0. The van der Waals surface area contributed by atoms with Crippen molar-refractivity contribution in [3.8, 4) is 0 Å². The van der Waals surface area contributed by atoms with Crippen molar-refractivity contribution in [1.82, 2.24) is 0 Å². The van der Waals surface area contributed by atoms with E-state index in [0.29, 0.717) is 0 Å². The molecular formula is C26H40NO+. The van der Waals surface area contributed by atoms with Crippen LogP contribution in [0.4, 0.5) is 0 Å². The molecular weight excluding hydrogens is 342 g/mol. The Labute approximate surface area is 172 Å². The normalized spacial score (nSPS) is 12.9. The van der Waals surface area contributed by atoms with E-state index in [2.05, 4.69) is 45.0 Å². The third kappa shape index (κ3) is 6.76. The molecule has 1 atom stereocenters. The lowest BCUT2D eigenvalue weighted by Gasteiger charge is -2.39. The molecule has 154 valence electrons. The summed E-state index contributed by atoms with van der Waals surface area (Å²) >= 11 is 0. The van der Waals surface area contributed by atoms with Crippen molar-refractivity contribution in [2.24, 2.45) is 0 Å². The molecule has 0 unspecified atom stereocenters. The molecule has 2 aromatic rings. The van der Waals surface area contributed by atoms with E-state index in [4.69, 9.17) is 0 Å². The molecule has 0 aromatic heterocycles. The maximum atomic E-state index is 10.7. The number of hydrogen-bond acceptors (Lipinski definition) is 1. The molecule has 0 amide bonds. The molecule has 0 saturated heterocycles. The highest BCUT2D eigenvalue weighted by Gasteiger charge is 2.26. The monoisotopic (exact) mass is 382 g/mol. The van der Waals surface area contributed by atoms with Gasteiger partial charge in [0, 0.05) is 5.56 Å². The first-order valence-corrected chi connectivity index (χ1v) is 11.3. The molecule has 0 bridgehead atoms. The summed E-state index contributed by atoms with van der Waals surface area (Å²) in [6, 6.07) is 18.6. The molecule has 2 rings (SSSR count). The molecule has 28 heavy (non-hydrogen) atoms. The topological polar surface area (TPSA) is 20.2 Å². The first-order valence-electron chi connectivity index (χ1n) is 11.3. The van der Waals surface area contributed by atoms with Gasteiger partial charge in [-0.1, -0.05) is 94.6 Å². The second-order valence-electron chi connectivity index (χ2n) is 8.29. The molecule has 2 aromatic carbocycles. The number of rotatable bonds is 13. The van der Waals surface area contributed by atoms with Gasteiger partial charge in [0.25, 0.3) is 0 Å². The molecule has 0 fully saturated rings. The standard InChI is InChI=1S/C26H40NO/c1-4-7-19-27(20-8-5-2,21-9-6-3)22-23-15-17-25(18-16-23)26(28)24-13-11-10-12-14-24/h10-18,26,28H,4-9,19-22H2,1-3H3/q+1/t26-/m1/s1.